The van der Waals surface area contributed by atoms with Crippen LogP contribution < -0.4 is 14.8 Å². The highest BCUT2D eigenvalue weighted by molar-refractivity contribution is 5.92. The number of benzene rings is 1. The minimum atomic E-state index is -0.183. The summed E-state index contributed by atoms with van der Waals surface area (Å²) in [5.41, 5.74) is 2.09. The summed E-state index contributed by atoms with van der Waals surface area (Å²) in [7, 11) is 4.93. The number of rotatable bonds is 8. The molecule has 3 rings (SSSR count). The van der Waals surface area contributed by atoms with Gasteiger partial charge in [-0.05, 0) is 36.2 Å². The smallest absolute Gasteiger partial charge is 0.273 e. The van der Waals surface area contributed by atoms with Crippen LogP contribution >= 0.6 is 0 Å². The van der Waals surface area contributed by atoms with E-state index in [1.807, 2.05) is 12.1 Å². The second-order valence-electron chi connectivity index (χ2n) is 6.31. The van der Waals surface area contributed by atoms with Crippen LogP contribution in [0.4, 0.5) is 11.5 Å². The lowest BCUT2D eigenvalue weighted by Crippen LogP contribution is -2.29. The third-order valence-corrected chi connectivity index (χ3v) is 4.37. The summed E-state index contributed by atoms with van der Waals surface area (Å²) in [6.45, 7) is 0.575. The molecule has 0 radical (unpaired) electrons. The van der Waals surface area contributed by atoms with E-state index in [1.54, 1.807) is 56.8 Å². The van der Waals surface area contributed by atoms with Crippen molar-refractivity contribution >= 4 is 17.4 Å². The Bertz CT molecular complexity index is 948. The van der Waals surface area contributed by atoms with Gasteiger partial charge in [0.2, 0.25) is 0 Å². The van der Waals surface area contributed by atoms with Crippen LogP contribution in [0.25, 0.3) is 0 Å². The van der Waals surface area contributed by atoms with Crippen LogP contribution in [0.2, 0.25) is 0 Å². The lowest BCUT2D eigenvalue weighted by Gasteiger charge is -2.17. The number of nitrogens with one attached hydrogen (secondary N) is 1. The molecular formula is C21H23N5O3. The fourth-order valence-corrected chi connectivity index (χ4v) is 2.70. The largest absolute Gasteiger partial charge is 0.497 e. The van der Waals surface area contributed by atoms with Gasteiger partial charge in [0.15, 0.2) is 0 Å². The highest BCUT2D eigenvalue weighted by atomic mass is 16.5. The van der Waals surface area contributed by atoms with Crippen LogP contribution in [0, 0.1) is 0 Å². The highest BCUT2D eigenvalue weighted by Gasteiger charge is 2.14. The maximum Gasteiger partial charge on any atom is 0.273 e. The number of hydrogen-bond donors (Lipinski definition) is 1. The molecule has 0 saturated carbocycles. The first-order valence-corrected chi connectivity index (χ1v) is 9.06. The Labute approximate surface area is 169 Å². The van der Waals surface area contributed by atoms with Gasteiger partial charge in [0, 0.05) is 32.1 Å². The predicted molar refractivity (Wildman–Crippen MR) is 110 cm³/mol. The summed E-state index contributed by atoms with van der Waals surface area (Å²) >= 11 is 0. The molecule has 0 aliphatic carbocycles. The molecule has 8 heteroatoms. The molecule has 1 amide bonds. The number of carbonyl (C=O) groups excluding carboxylic acids is 1. The van der Waals surface area contributed by atoms with Crippen LogP contribution in [0.5, 0.6) is 11.5 Å². The monoisotopic (exact) mass is 393 g/mol. The summed E-state index contributed by atoms with van der Waals surface area (Å²) in [5.74, 6) is 1.64. The zero-order chi connectivity index (χ0) is 20.6. The number of methoxy groups -OCH3 is 2. The summed E-state index contributed by atoms with van der Waals surface area (Å²) < 4.78 is 10.6. The quantitative estimate of drug-likeness (QED) is 0.629. The van der Waals surface area contributed by atoms with Crippen LogP contribution in [-0.4, -0.2) is 53.6 Å². The summed E-state index contributed by atoms with van der Waals surface area (Å²) in [6.07, 6.45) is 7.20. The van der Waals surface area contributed by atoms with Crippen molar-refractivity contribution in [1.82, 2.24) is 19.9 Å². The Kier molecular flexibility index (Phi) is 6.57. The number of aromatic nitrogens is 3. The van der Waals surface area contributed by atoms with Crippen molar-refractivity contribution in [3.8, 4) is 11.5 Å². The Hall–Kier alpha value is -3.68. The number of ether oxygens (including phenoxy) is 2. The fourth-order valence-electron chi connectivity index (χ4n) is 2.70. The molecule has 0 aliphatic heterocycles. The van der Waals surface area contributed by atoms with Crippen molar-refractivity contribution in [2.24, 2.45) is 0 Å². The van der Waals surface area contributed by atoms with Crippen LogP contribution in [-0.2, 0) is 6.42 Å². The molecule has 0 fully saturated rings. The number of nitrogens with zero attached hydrogens (tertiary/aromatic N) is 4. The molecule has 0 unspecified atom stereocenters. The Morgan fingerprint density at radius 2 is 1.86 bits per heavy atom. The number of anilines is 2. The van der Waals surface area contributed by atoms with Crippen LogP contribution in [0.3, 0.4) is 0 Å². The minimum absolute atomic E-state index is 0.183. The molecule has 0 atom stereocenters. The Morgan fingerprint density at radius 3 is 2.52 bits per heavy atom. The van der Waals surface area contributed by atoms with Gasteiger partial charge >= 0.3 is 0 Å². The van der Waals surface area contributed by atoms with Gasteiger partial charge in [-0.1, -0.05) is 0 Å². The van der Waals surface area contributed by atoms with Crippen LogP contribution in [0.15, 0.2) is 55.1 Å². The normalized spacial score (nSPS) is 10.3. The second-order valence-corrected chi connectivity index (χ2v) is 6.31. The molecule has 29 heavy (non-hydrogen) atoms. The molecule has 0 bridgehead atoms. The van der Waals surface area contributed by atoms with E-state index in [4.69, 9.17) is 9.47 Å². The summed E-state index contributed by atoms with van der Waals surface area (Å²) in [4.78, 5) is 26.7. The van der Waals surface area contributed by atoms with Crippen LogP contribution in [0.1, 0.15) is 16.1 Å². The average molecular weight is 393 g/mol. The van der Waals surface area contributed by atoms with E-state index in [-0.39, 0.29) is 11.6 Å². The molecule has 2 heterocycles. The van der Waals surface area contributed by atoms with E-state index in [2.05, 4.69) is 20.3 Å². The van der Waals surface area contributed by atoms with Crippen molar-refractivity contribution in [1.29, 1.82) is 0 Å². The van der Waals surface area contributed by atoms with Gasteiger partial charge in [-0.25, -0.2) is 9.97 Å². The van der Waals surface area contributed by atoms with Crippen molar-refractivity contribution in [3.05, 3.63) is 66.4 Å². The molecule has 3 aromatic rings. The van der Waals surface area contributed by atoms with Gasteiger partial charge in [-0.15, -0.1) is 0 Å². The average Bonchev–Trinajstić information content (AvgIpc) is 2.78. The molecule has 1 N–H and O–H groups in total. The first-order valence-electron chi connectivity index (χ1n) is 9.06. The molecule has 150 valence electrons. The minimum Gasteiger partial charge on any atom is -0.497 e. The number of carbonyl (C=O) groups is 1. The molecular weight excluding hydrogens is 370 g/mol. The van der Waals surface area contributed by atoms with E-state index >= 15 is 0 Å². The van der Waals surface area contributed by atoms with Crippen molar-refractivity contribution in [2.75, 3.05) is 33.1 Å². The SMILES string of the molecule is COc1ccc(OC)c(Nc2cnc(C(=O)N(C)CCc3ccncc3)cn2)c1. The highest BCUT2D eigenvalue weighted by Crippen LogP contribution is 2.30. The zero-order valence-electron chi connectivity index (χ0n) is 16.6. The van der Waals surface area contributed by atoms with Crippen molar-refractivity contribution in [2.45, 2.75) is 6.42 Å². The molecule has 0 aliphatic rings. The third-order valence-electron chi connectivity index (χ3n) is 4.37. The van der Waals surface area contributed by atoms with Crippen molar-refractivity contribution < 1.29 is 14.3 Å². The molecule has 0 saturated heterocycles. The third kappa shape index (κ3) is 5.19. The van der Waals surface area contributed by atoms with Gasteiger partial charge < -0.3 is 19.7 Å². The number of likely N-dealkylation sites (N-methyl/N-ethyl adjacent to an activating group) is 1. The Balaban J connectivity index is 1.64. The number of hydrogen-bond acceptors (Lipinski definition) is 7. The molecule has 0 spiro atoms. The van der Waals surface area contributed by atoms with E-state index in [0.717, 1.165) is 12.0 Å². The second kappa shape index (κ2) is 9.50. The topological polar surface area (TPSA) is 89.5 Å². The standard InChI is InChI=1S/C21H23N5O3/c1-26(11-8-15-6-9-22-10-7-15)21(27)18-13-24-20(14-23-18)25-17-12-16(28-2)4-5-19(17)29-3/h4-7,9-10,12-14H,8,11H2,1-3H3,(H,24,25). The zero-order valence-corrected chi connectivity index (χ0v) is 16.6. The van der Waals surface area contributed by atoms with Gasteiger partial charge in [0.1, 0.15) is 23.0 Å². The van der Waals surface area contributed by atoms with Gasteiger partial charge in [-0.3, -0.25) is 9.78 Å². The number of pyridine rings is 1. The van der Waals surface area contributed by atoms with E-state index in [0.29, 0.717) is 29.5 Å². The van der Waals surface area contributed by atoms with Gasteiger partial charge in [0.05, 0.1) is 32.3 Å². The molecule has 8 nitrogen and oxygen atoms in total. The maximum atomic E-state index is 12.6. The molecule has 1 aromatic carbocycles. The maximum absolute atomic E-state index is 12.6. The lowest BCUT2D eigenvalue weighted by atomic mass is 10.2. The predicted octanol–water partition coefficient (Wildman–Crippen LogP) is 2.95. The number of amides is 1. The summed E-state index contributed by atoms with van der Waals surface area (Å²) in [6, 6.07) is 9.27. The van der Waals surface area contributed by atoms with E-state index < -0.39 is 0 Å². The first kappa shape index (κ1) is 20.1. The van der Waals surface area contributed by atoms with Crippen molar-refractivity contribution in [3.63, 3.8) is 0 Å². The fraction of sp³-hybridized carbons (Fsp3) is 0.238. The van der Waals surface area contributed by atoms with E-state index in [9.17, 15) is 4.79 Å². The summed E-state index contributed by atoms with van der Waals surface area (Å²) in [5, 5.41) is 3.13. The Morgan fingerprint density at radius 1 is 1.07 bits per heavy atom. The lowest BCUT2D eigenvalue weighted by molar-refractivity contribution is 0.0790. The van der Waals surface area contributed by atoms with Gasteiger partial charge in [0.25, 0.3) is 5.91 Å². The molecule has 2 aromatic heterocycles. The van der Waals surface area contributed by atoms with E-state index in [1.165, 1.54) is 12.4 Å². The first-order chi connectivity index (χ1) is 14.1. The van der Waals surface area contributed by atoms with Gasteiger partial charge in [-0.2, -0.15) is 0 Å².